The fourth-order valence-electron chi connectivity index (χ4n) is 2.28. The molecule has 0 fully saturated rings. The Morgan fingerprint density at radius 3 is 1.61 bits per heavy atom. The molecule has 1 aromatic heterocycles. The van der Waals surface area contributed by atoms with Crippen LogP contribution in [-0.2, 0) is 0 Å². The monoisotopic (exact) mass is 382 g/mol. The fraction of sp³-hybridized carbons (Fsp3) is 0. The molecule has 2 N–H and O–H groups in total. The van der Waals surface area contributed by atoms with Crippen LogP contribution in [0, 0.1) is 0 Å². The minimum Gasteiger partial charge on any atom is -0.398 e. The molecule has 23 heavy (non-hydrogen) atoms. The molecule has 0 atom stereocenters. The number of anilines is 1. The maximum absolute atomic E-state index is 6.17. The zero-order valence-electron chi connectivity index (χ0n) is 11.7. The van der Waals surface area contributed by atoms with Gasteiger partial charge in [0.05, 0.1) is 5.69 Å². The van der Waals surface area contributed by atoms with Gasteiger partial charge in [0, 0.05) is 43.1 Å². The van der Waals surface area contributed by atoms with E-state index in [2.05, 4.69) is 4.98 Å². The highest BCUT2D eigenvalue weighted by molar-refractivity contribution is 6.35. The van der Waals surface area contributed by atoms with Gasteiger partial charge in [0.15, 0.2) is 0 Å². The Morgan fingerprint density at radius 2 is 1.13 bits per heavy atom. The lowest BCUT2D eigenvalue weighted by atomic mass is 10.0. The van der Waals surface area contributed by atoms with Crippen LogP contribution >= 0.6 is 46.4 Å². The first-order valence-electron chi connectivity index (χ1n) is 6.61. The third-order valence-electron chi connectivity index (χ3n) is 3.27. The van der Waals surface area contributed by atoms with Gasteiger partial charge in [-0.1, -0.05) is 46.4 Å². The first-order valence-corrected chi connectivity index (χ1v) is 8.12. The van der Waals surface area contributed by atoms with Crippen molar-refractivity contribution in [3.63, 3.8) is 0 Å². The molecule has 0 aliphatic heterocycles. The number of hydrogen-bond donors (Lipinski definition) is 1. The molecule has 0 saturated heterocycles. The predicted molar refractivity (Wildman–Crippen MR) is 99.6 cm³/mol. The van der Waals surface area contributed by atoms with Gasteiger partial charge in [-0.05, 0) is 48.0 Å². The summed E-state index contributed by atoms with van der Waals surface area (Å²) < 4.78 is 0. The largest absolute Gasteiger partial charge is 0.398 e. The van der Waals surface area contributed by atoms with Crippen LogP contribution in [0.5, 0.6) is 0 Å². The van der Waals surface area contributed by atoms with Gasteiger partial charge in [-0.3, -0.25) is 4.98 Å². The van der Waals surface area contributed by atoms with Crippen LogP contribution in [0.1, 0.15) is 0 Å². The first-order chi connectivity index (χ1) is 10.9. The van der Waals surface area contributed by atoms with Crippen molar-refractivity contribution < 1.29 is 0 Å². The molecule has 6 heteroatoms. The van der Waals surface area contributed by atoms with Crippen molar-refractivity contribution >= 4 is 52.1 Å². The Labute approximate surface area is 153 Å². The average molecular weight is 384 g/mol. The van der Waals surface area contributed by atoms with Crippen molar-refractivity contribution in [2.24, 2.45) is 0 Å². The topological polar surface area (TPSA) is 38.9 Å². The van der Waals surface area contributed by atoms with E-state index in [1.54, 1.807) is 48.7 Å². The third-order valence-corrected chi connectivity index (χ3v) is 4.14. The molecule has 0 radical (unpaired) electrons. The SMILES string of the molecule is Nc1cc(-c2cc(Cl)cc(Cl)c2)ncc1-c1cc(Cl)cc(Cl)c1. The molecule has 0 spiro atoms. The molecule has 2 aromatic carbocycles. The average Bonchev–Trinajstić information content (AvgIpc) is 2.45. The van der Waals surface area contributed by atoms with Gasteiger partial charge in [0.25, 0.3) is 0 Å². The number of benzene rings is 2. The molecule has 2 nitrogen and oxygen atoms in total. The molecule has 0 aliphatic rings. The van der Waals surface area contributed by atoms with E-state index in [9.17, 15) is 0 Å². The Kier molecular flexibility index (Phi) is 4.69. The summed E-state index contributed by atoms with van der Waals surface area (Å²) in [6.07, 6.45) is 1.68. The summed E-state index contributed by atoms with van der Waals surface area (Å²) in [5.74, 6) is 0. The minimum atomic E-state index is 0.539. The first kappa shape index (κ1) is 16.4. The van der Waals surface area contributed by atoms with Crippen LogP contribution in [0.3, 0.4) is 0 Å². The molecule has 0 unspecified atom stereocenters. The van der Waals surface area contributed by atoms with Crippen molar-refractivity contribution in [3.8, 4) is 22.4 Å². The molecule has 0 bridgehead atoms. The number of nitrogen functional groups attached to an aromatic ring is 1. The van der Waals surface area contributed by atoms with E-state index < -0.39 is 0 Å². The molecule has 0 amide bonds. The van der Waals surface area contributed by atoms with Gasteiger partial charge < -0.3 is 5.73 Å². The second-order valence-electron chi connectivity index (χ2n) is 4.97. The van der Waals surface area contributed by atoms with Gasteiger partial charge in [-0.25, -0.2) is 0 Å². The Hall–Kier alpha value is -1.45. The normalized spacial score (nSPS) is 10.8. The Balaban J connectivity index is 2.07. The van der Waals surface area contributed by atoms with Crippen molar-refractivity contribution in [2.75, 3.05) is 5.73 Å². The smallest absolute Gasteiger partial charge is 0.0723 e. The Morgan fingerprint density at radius 1 is 0.652 bits per heavy atom. The van der Waals surface area contributed by atoms with E-state index >= 15 is 0 Å². The fourth-order valence-corrected chi connectivity index (χ4v) is 3.33. The van der Waals surface area contributed by atoms with Gasteiger partial charge in [0.2, 0.25) is 0 Å². The van der Waals surface area contributed by atoms with Gasteiger partial charge in [-0.15, -0.1) is 0 Å². The lowest BCUT2D eigenvalue weighted by molar-refractivity contribution is 1.33. The van der Waals surface area contributed by atoms with Crippen LogP contribution in [0.25, 0.3) is 22.4 Å². The van der Waals surface area contributed by atoms with Crippen LogP contribution < -0.4 is 5.73 Å². The van der Waals surface area contributed by atoms with Gasteiger partial charge >= 0.3 is 0 Å². The molecule has 1 heterocycles. The van der Waals surface area contributed by atoms with Crippen molar-refractivity contribution in [1.82, 2.24) is 4.98 Å². The summed E-state index contributed by atoms with van der Waals surface area (Å²) >= 11 is 24.1. The highest BCUT2D eigenvalue weighted by Gasteiger charge is 2.09. The van der Waals surface area contributed by atoms with Gasteiger partial charge in [-0.2, -0.15) is 0 Å². The zero-order chi connectivity index (χ0) is 16.6. The molecule has 3 aromatic rings. The summed E-state index contributed by atoms with van der Waals surface area (Å²) in [7, 11) is 0. The summed E-state index contributed by atoms with van der Waals surface area (Å²) in [4.78, 5) is 4.44. The minimum absolute atomic E-state index is 0.539. The second kappa shape index (κ2) is 6.58. The molecular weight excluding hydrogens is 374 g/mol. The van der Waals surface area contributed by atoms with Crippen LogP contribution in [0.4, 0.5) is 5.69 Å². The van der Waals surface area contributed by atoms with Crippen LogP contribution in [0.15, 0.2) is 48.7 Å². The van der Waals surface area contributed by atoms with E-state index in [0.717, 1.165) is 16.7 Å². The van der Waals surface area contributed by atoms with Crippen molar-refractivity contribution in [3.05, 3.63) is 68.8 Å². The lowest BCUT2D eigenvalue weighted by Crippen LogP contribution is -1.94. The number of nitrogens with two attached hydrogens (primary N) is 1. The van der Waals surface area contributed by atoms with Crippen LogP contribution in [0.2, 0.25) is 20.1 Å². The lowest BCUT2D eigenvalue weighted by Gasteiger charge is -2.10. The Bertz CT molecular complexity index is 853. The number of pyridine rings is 1. The molecular formula is C17H10Cl4N2. The molecule has 3 rings (SSSR count). The van der Waals surface area contributed by atoms with E-state index in [-0.39, 0.29) is 0 Å². The van der Waals surface area contributed by atoms with Gasteiger partial charge in [0.1, 0.15) is 0 Å². The summed E-state index contributed by atoms with van der Waals surface area (Å²) in [5, 5.41) is 2.16. The highest BCUT2D eigenvalue weighted by Crippen LogP contribution is 2.33. The standard InChI is InChI=1S/C17H10Cl4N2/c18-11-1-9(2-12(19)5-11)15-8-23-17(7-16(15)22)10-3-13(20)6-14(21)4-10/h1-8H,(H2,22,23). The zero-order valence-corrected chi connectivity index (χ0v) is 14.7. The van der Waals surface area contributed by atoms with Crippen LogP contribution in [-0.4, -0.2) is 4.98 Å². The highest BCUT2D eigenvalue weighted by atomic mass is 35.5. The maximum Gasteiger partial charge on any atom is 0.0723 e. The van der Waals surface area contributed by atoms with Crippen molar-refractivity contribution in [1.29, 1.82) is 0 Å². The molecule has 0 aliphatic carbocycles. The number of nitrogens with zero attached hydrogens (tertiary/aromatic N) is 1. The molecule has 0 saturated carbocycles. The van der Waals surface area contributed by atoms with Crippen molar-refractivity contribution in [2.45, 2.75) is 0 Å². The quantitative estimate of drug-likeness (QED) is 0.540. The predicted octanol–water partition coefficient (Wildman–Crippen LogP) is 6.61. The third kappa shape index (κ3) is 3.73. The van der Waals surface area contributed by atoms with E-state index in [0.29, 0.717) is 31.5 Å². The van der Waals surface area contributed by atoms with E-state index in [4.69, 9.17) is 52.1 Å². The molecule has 116 valence electrons. The van der Waals surface area contributed by atoms with E-state index in [1.165, 1.54) is 0 Å². The van der Waals surface area contributed by atoms with E-state index in [1.807, 2.05) is 0 Å². The number of hydrogen-bond acceptors (Lipinski definition) is 2. The number of aromatic nitrogens is 1. The summed E-state index contributed by atoms with van der Waals surface area (Å²) in [6, 6.07) is 12.2. The maximum atomic E-state index is 6.17. The summed E-state index contributed by atoms with van der Waals surface area (Å²) in [5.41, 5.74) is 9.78. The second-order valence-corrected chi connectivity index (χ2v) is 6.72. The number of rotatable bonds is 2. The number of halogens is 4. The summed E-state index contributed by atoms with van der Waals surface area (Å²) in [6.45, 7) is 0.